The zero-order chi connectivity index (χ0) is 14.0. The van der Waals surface area contributed by atoms with E-state index in [0.29, 0.717) is 10.0 Å². The standard InChI is InChI=1S/C13H9Br2ClN2S/c14-7-1-4-12(11(16)5-7)18-8-2-3-9(13(17)19)10(15)6-8/h1-6,18H,(H2,17,19). The van der Waals surface area contributed by atoms with Crippen LogP contribution in [0.2, 0.25) is 5.02 Å². The minimum absolute atomic E-state index is 0.361. The van der Waals surface area contributed by atoms with E-state index in [9.17, 15) is 0 Å². The van der Waals surface area contributed by atoms with Crippen molar-refractivity contribution in [3.63, 3.8) is 0 Å². The van der Waals surface area contributed by atoms with Crippen LogP contribution in [0.25, 0.3) is 0 Å². The summed E-state index contributed by atoms with van der Waals surface area (Å²) in [6.45, 7) is 0. The summed E-state index contributed by atoms with van der Waals surface area (Å²) < 4.78 is 1.78. The van der Waals surface area contributed by atoms with Gasteiger partial charge in [0.25, 0.3) is 0 Å². The van der Waals surface area contributed by atoms with Gasteiger partial charge in [-0.25, -0.2) is 0 Å². The van der Waals surface area contributed by atoms with Crippen LogP contribution >= 0.6 is 55.7 Å². The number of hydrogen-bond acceptors (Lipinski definition) is 2. The Morgan fingerprint density at radius 2 is 1.89 bits per heavy atom. The third-order valence-electron chi connectivity index (χ3n) is 2.44. The molecule has 0 fully saturated rings. The molecule has 2 nitrogen and oxygen atoms in total. The van der Waals surface area contributed by atoms with E-state index in [0.717, 1.165) is 25.9 Å². The monoisotopic (exact) mass is 418 g/mol. The molecule has 2 rings (SSSR count). The summed E-state index contributed by atoms with van der Waals surface area (Å²) in [5, 5.41) is 3.88. The van der Waals surface area contributed by atoms with Crippen molar-refractivity contribution in [1.82, 2.24) is 0 Å². The second kappa shape index (κ2) is 6.22. The summed E-state index contributed by atoms with van der Waals surface area (Å²) in [4.78, 5) is 0.361. The number of hydrogen-bond donors (Lipinski definition) is 2. The van der Waals surface area contributed by atoms with Gasteiger partial charge < -0.3 is 11.1 Å². The molecule has 2 aromatic carbocycles. The van der Waals surface area contributed by atoms with Crippen molar-refractivity contribution in [1.29, 1.82) is 0 Å². The van der Waals surface area contributed by atoms with Crippen molar-refractivity contribution in [2.45, 2.75) is 0 Å². The number of halogens is 3. The third-order valence-corrected chi connectivity index (χ3v) is 4.13. The van der Waals surface area contributed by atoms with E-state index in [4.69, 9.17) is 29.6 Å². The molecule has 0 saturated heterocycles. The van der Waals surface area contributed by atoms with Crippen LogP contribution in [0.3, 0.4) is 0 Å². The Balaban J connectivity index is 2.29. The predicted octanol–water partition coefficient (Wildman–Crippen LogP) is 5.24. The Kier molecular flexibility index (Phi) is 4.84. The molecule has 0 aromatic heterocycles. The fraction of sp³-hybridized carbons (Fsp3) is 0. The predicted molar refractivity (Wildman–Crippen MR) is 92.5 cm³/mol. The van der Waals surface area contributed by atoms with Gasteiger partial charge in [0.1, 0.15) is 4.99 Å². The molecular formula is C13H9Br2ClN2S. The van der Waals surface area contributed by atoms with Crippen LogP contribution in [0.4, 0.5) is 11.4 Å². The smallest absolute Gasteiger partial charge is 0.105 e. The number of nitrogens with one attached hydrogen (secondary N) is 1. The fourth-order valence-electron chi connectivity index (χ4n) is 1.54. The largest absolute Gasteiger partial charge is 0.389 e. The molecule has 0 unspecified atom stereocenters. The molecule has 0 amide bonds. The summed E-state index contributed by atoms with van der Waals surface area (Å²) in [6, 6.07) is 11.3. The summed E-state index contributed by atoms with van der Waals surface area (Å²) in [5.74, 6) is 0. The molecule has 0 radical (unpaired) electrons. The number of benzene rings is 2. The molecule has 0 aliphatic heterocycles. The molecule has 2 aromatic rings. The van der Waals surface area contributed by atoms with Crippen LogP contribution in [0.5, 0.6) is 0 Å². The fourth-order valence-corrected chi connectivity index (χ4v) is 3.16. The summed E-state index contributed by atoms with van der Waals surface area (Å²) in [7, 11) is 0. The average molecular weight is 421 g/mol. The van der Waals surface area contributed by atoms with Gasteiger partial charge in [-0.2, -0.15) is 0 Å². The highest BCUT2D eigenvalue weighted by Crippen LogP contribution is 2.30. The average Bonchev–Trinajstić information content (AvgIpc) is 2.32. The van der Waals surface area contributed by atoms with E-state index in [1.165, 1.54) is 0 Å². The second-order valence-corrected chi connectivity index (χ2v) is 6.43. The van der Waals surface area contributed by atoms with Gasteiger partial charge in [-0.3, -0.25) is 0 Å². The molecule has 0 spiro atoms. The number of thiocarbonyl (C=S) groups is 1. The lowest BCUT2D eigenvalue weighted by Crippen LogP contribution is -2.10. The Labute approximate surface area is 138 Å². The van der Waals surface area contributed by atoms with E-state index in [1.54, 1.807) is 0 Å². The number of rotatable bonds is 3. The molecule has 6 heteroatoms. The lowest BCUT2D eigenvalue weighted by Gasteiger charge is -2.10. The first kappa shape index (κ1) is 14.8. The van der Waals surface area contributed by atoms with E-state index < -0.39 is 0 Å². The quantitative estimate of drug-likeness (QED) is 0.667. The van der Waals surface area contributed by atoms with Crippen LogP contribution < -0.4 is 11.1 Å². The topological polar surface area (TPSA) is 38.0 Å². The highest BCUT2D eigenvalue weighted by atomic mass is 79.9. The first-order valence-electron chi connectivity index (χ1n) is 5.29. The highest BCUT2D eigenvalue weighted by Gasteiger charge is 2.06. The third kappa shape index (κ3) is 3.69. The summed E-state index contributed by atoms with van der Waals surface area (Å²) in [5.41, 5.74) is 8.15. The van der Waals surface area contributed by atoms with Crippen molar-refractivity contribution in [3.8, 4) is 0 Å². The van der Waals surface area contributed by atoms with Gasteiger partial charge in [-0.05, 0) is 52.3 Å². The van der Waals surface area contributed by atoms with E-state index in [-0.39, 0.29) is 0 Å². The Hall–Kier alpha value is -0.620. The minimum atomic E-state index is 0.361. The minimum Gasteiger partial charge on any atom is -0.389 e. The van der Waals surface area contributed by atoms with Gasteiger partial charge in [-0.15, -0.1) is 0 Å². The first-order valence-corrected chi connectivity index (χ1v) is 7.66. The summed E-state index contributed by atoms with van der Waals surface area (Å²) >= 11 is 17.9. The van der Waals surface area contributed by atoms with E-state index >= 15 is 0 Å². The van der Waals surface area contributed by atoms with Gasteiger partial charge in [0.05, 0.1) is 10.7 Å². The zero-order valence-corrected chi connectivity index (χ0v) is 14.3. The Bertz CT molecular complexity index is 647. The lowest BCUT2D eigenvalue weighted by molar-refractivity contribution is 1.50. The zero-order valence-electron chi connectivity index (χ0n) is 9.58. The van der Waals surface area contributed by atoms with Crippen molar-refractivity contribution in [3.05, 3.63) is 55.9 Å². The normalized spacial score (nSPS) is 10.3. The van der Waals surface area contributed by atoms with E-state index in [2.05, 4.69) is 37.2 Å². The molecule has 3 N–H and O–H groups in total. The highest BCUT2D eigenvalue weighted by molar-refractivity contribution is 9.10. The second-order valence-electron chi connectivity index (χ2n) is 3.81. The van der Waals surface area contributed by atoms with Crippen molar-refractivity contribution < 1.29 is 0 Å². The van der Waals surface area contributed by atoms with Gasteiger partial charge >= 0.3 is 0 Å². The van der Waals surface area contributed by atoms with Gasteiger partial charge in [-0.1, -0.05) is 39.7 Å². The van der Waals surface area contributed by atoms with Gasteiger partial charge in [0.15, 0.2) is 0 Å². The Morgan fingerprint density at radius 1 is 1.16 bits per heavy atom. The van der Waals surface area contributed by atoms with Gasteiger partial charge in [0.2, 0.25) is 0 Å². The first-order chi connectivity index (χ1) is 8.97. The molecule has 19 heavy (non-hydrogen) atoms. The molecule has 98 valence electrons. The van der Waals surface area contributed by atoms with Crippen molar-refractivity contribution in [2.75, 3.05) is 5.32 Å². The molecule has 0 aliphatic rings. The van der Waals surface area contributed by atoms with Crippen molar-refractivity contribution in [2.24, 2.45) is 5.73 Å². The Morgan fingerprint density at radius 3 is 2.47 bits per heavy atom. The van der Waals surface area contributed by atoms with Crippen LogP contribution in [0.1, 0.15) is 5.56 Å². The van der Waals surface area contributed by atoms with Gasteiger partial charge in [0, 0.05) is 20.2 Å². The summed E-state index contributed by atoms with van der Waals surface area (Å²) in [6.07, 6.45) is 0. The molecule has 0 saturated carbocycles. The van der Waals surface area contributed by atoms with Crippen LogP contribution in [0, 0.1) is 0 Å². The molecule has 0 bridgehead atoms. The maximum Gasteiger partial charge on any atom is 0.105 e. The van der Waals surface area contributed by atoms with E-state index in [1.807, 2.05) is 36.4 Å². The van der Waals surface area contributed by atoms with Crippen molar-refractivity contribution >= 4 is 72.0 Å². The van der Waals surface area contributed by atoms with Crippen LogP contribution in [0.15, 0.2) is 45.3 Å². The maximum atomic E-state index is 6.16. The maximum absolute atomic E-state index is 6.16. The molecule has 0 atom stereocenters. The SMILES string of the molecule is NC(=S)c1ccc(Nc2ccc(Br)cc2Cl)cc1Br. The molecular weight excluding hydrogens is 411 g/mol. The molecule has 0 heterocycles. The van der Waals surface area contributed by atoms with Crippen LogP contribution in [-0.2, 0) is 0 Å². The lowest BCUT2D eigenvalue weighted by atomic mass is 10.2. The molecule has 0 aliphatic carbocycles. The van der Waals surface area contributed by atoms with Crippen LogP contribution in [-0.4, -0.2) is 4.99 Å². The number of anilines is 2. The number of nitrogens with two attached hydrogens (primary N) is 1.